The van der Waals surface area contributed by atoms with Crippen molar-refractivity contribution < 1.29 is 0 Å². The molecule has 1 aliphatic rings. The monoisotopic (exact) mass is 403 g/mol. The van der Waals surface area contributed by atoms with Crippen LogP contribution in [0.15, 0.2) is 67.1 Å². The minimum atomic E-state index is 0.426. The maximum Gasteiger partial charge on any atom is 0.137 e. The van der Waals surface area contributed by atoms with Crippen molar-refractivity contribution >= 4 is 17.2 Å². The molecule has 0 aliphatic carbocycles. The summed E-state index contributed by atoms with van der Waals surface area (Å²) in [5.74, 6) is 0.426. The SMILES string of the molecule is Clc1ccc2ncc(-c3cccc([C@@H]4CCCN(Cc5ccccn5)C4)n3)n2c1. The highest BCUT2D eigenvalue weighted by Gasteiger charge is 2.23. The van der Waals surface area contributed by atoms with Crippen molar-refractivity contribution in [3.05, 3.63) is 83.5 Å². The molecule has 5 rings (SSSR count). The third-order valence-electron chi connectivity index (χ3n) is 5.54. The lowest BCUT2D eigenvalue weighted by molar-refractivity contribution is 0.196. The van der Waals surface area contributed by atoms with E-state index in [4.69, 9.17) is 16.6 Å². The number of likely N-dealkylation sites (tertiary alicyclic amines) is 1. The summed E-state index contributed by atoms with van der Waals surface area (Å²) in [6.45, 7) is 3.01. The molecular formula is C23H22ClN5. The van der Waals surface area contributed by atoms with Gasteiger partial charge in [0.2, 0.25) is 0 Å². The topological polar surface area (TPSA) is 46.3 Å². The van der Waals surface area contributed by atoms with Crippen LogP contribution in [0, 0.1) is 0 Å². The average Bonchev–Trinajstić information content (AvgIpc) is 3.18. The number of piperidine rings is 1. The van der Waals surface area contributed by atoms with Gasteiger partial charge in [-0.2, -0.15) is 0 Å². The van der Waals surface area contributed by atoms with E-state index in [1.165, 1.54) is 6.42 Å². The van der Waals surface area contributed by atoms with Crippen LogP contribution in [0.5, 0.6) is 0 Å². The van der Waals surface area contributed by atoms with E-state index in [9.17, 15) is 0 Å². The van der Waals surface area contributed by atoms with E-state index in [0.717, 1.165) is 54.5 Å². The second-order valence-electron chi connectivity index (χ2n) is 7.56. The lowest BCUT2D eigenvalue weighted by Gasteiger charge is -2.32. The van der Waals surface area contributed by atoms with Crippen LogP contribution in [-0.4, -0.2) is 37.3 Å². The molecule has 0 amide bonds. The van der Waals surface area contributed by atoms with Crippen molar-refractivity contribution in [2.75, 3.05) is 13.1 Å². The molecule has 4 aromatic heterocycles. The summed E-state index contributed by atoms with van der Waals surface area (Å²) in [7, 11) is 0. The van der Waals surface area contributed by atoms with Gasteiger partial charge in [-0.3, -0.25) is 19.3 Å². The van der Waals surface area contributed by atoms with E-state index in [0.29, 0.717) is 10.9 Å². The molecule has 0 bridgehead atoms. The van der Waals surface area contributed by atoms with Crippen molar-refractivity contribution in [2.24, 2.45) is 0 Å². The van der Waals surface area contributed by atoms with Gasteiger partial charge in [-0.15, -0.1) is 0 Å². The molecule has 0 spiro atoms. The first-order valence-electron chi connectivity index (χ1n) is 9.98. The molecule has 0 aromatic carbocycles. The van der Waals surface area contributed by atoms with Crippen molar-refractivity contribution in [2.45, 2.75) is 25.3 Å². The molecule has 1 atom stereocenters. The zero-order valence-electron chi connectivity index (χ0n) is 16.1. The largest absolute Gasteiger partial charge is 0.297 e. The Morgan fingerprint density at radius 3 is 2.90 bits per heavy atom. The van der Waals surface area contributed by atoms with Crippen molar-refractivity contribution in [1.82, 2.24) is 24.3 Å². The second kappa shape index (κ2) is 7.93. The third-order valence-corrected chi connectivity index (χ3v) is 5.76. The highest BCUT2D eigenvalue weighted by atomic mass is 35.5. The maximum absolute atomic E-state index is 6.19. The Bertz CT molecular complexity index is 1120. The Hall–Kier alpha value is -2.76. The number of aromatic nitrogens is 4. The molecule has 146 valence electrons. The number of hydrogen-bond donors (Lipinski definition) is 0. The lowest BCUT2D eigenvalue weighted by Crippen LogP contribution is -2.34. The minimum absolute atomic E-state index is 0.426. The van der Waals surface area contributed by atoms with Gasteiger partial charge in [0.05, 0.1) is 28.3 Å². The fourth-order valence-electron chi connectivity index (χ4n) is 4.13. The smallest absolute Gasteiger partial charge is 0.137 e. The second-order valence-corrected chi connectivity index (χ2v) is 8.00. The molecule has 6 heteroatoms. The molecule has 29 heavy (non-hydrogen) atoms. The molecule has 0 saturated carbocycles. The predicted octanol–water partition coefficient (Wildman–Crippen LogP) is 4.82. The van der Waals surface area contributed by atoms with E-state index in [1.54, 1.807) is 0 Å². The quantitative estimate of drug-likeness (QED) is 0.490. The summed E-state index contributed by atoms with van der Waals surface area (Å²) in [6, 6.07) is 16.2. The fourth-order valence-corrected chi connectivity index (χ4v) is 4.29. The number of rotatable bonds is 4. The van der Waals surface area contributed by atoms with Gasteiger partial charge in [-0.1, -0.05) is 23.7 Å². The Morgan fingerprint density at radius 1 is 1.03 bits per heavy atom. The first-order valence-corrected chi connectivity index (χ1v) is 10.4. The zero-order chi connectivity index (χ0) is 19.6. The zero-order valence-corrected chi connectivity index (χ0v) is 16.8. The first kappa shape index (κ1) is 18.3. The van der Waals surface area contributed by atoms with Gasteiger partial charge in [-0.05, 0) is 55.8 Å². The normalized spacial score (nSPS) is 17.6. The van der Waals surface area contributed by atoms with Crippen LogP contribution in [0.25, 0.3) is 17.0 Å². The average molecular weight is 404 g/mol. The number of nitrogens with zero attached hydrogens (tertiary/aromatic N) is 5. The minimum Gasteiger partial charge on any atom is -0.297 e. The number of imidazole rings is 1. The van der Waals surface area contributed by atoms with E-state index in [2.05, 4.69) is 39.1 Å². The highest BCUT2D eigenvalue weighted by molar-refractivity contribution is 6.30. The summed E-state index contributed by atoms with van der Waals surface area (Å²) >= 11 is 6.19. The molecule has 4 aromatic rings. The number of halogens is 1. The van der Waals surface area contributed by atoms with Gasteiger partial charge in [0.1, 0.15) is 5.65 Å². The van der Waals surface area contributed by atoms with Gasteiger partial charge >= 0.3 is 0 Å². The van der Waals surface area contributed by atoms with Gasteiger partial charge in [0.25, 0.3) is 0 Å². The van der Waals surface area contributed by atoms with E-state index in [1.807, 2.05) is 47.3 Å². The van der Waals surface area contributed by atoms with Crippen LogP contribution in [0.4, 0.5) is 0 Å². The van der Waals surface area contributed by atoms with Crippen LogP contribution < -0.4 is 0 Å². The Balaban J connectivity index is 1.39. The molecule has 5 nitrogen and oxygen atoms in total. The predicted molar refractivity (Wildman–Crippen MR) is 115 cm³/mol. The summed E-state index contributed by atoms with van der Waals surface area (Å²) in [5.41, 5.74) is 5.03. The van der Waals surface area contributed by atoms with Crippen molar-refractivity contribution in [3.63, 3.8) is 0 Å². The standard InChI is InChI=1S/C23H22ClN5/c24-18-9-10-23-26-13-22(29(23)15-18)21-8-3-7-20(27-21)17-5-4-12-28(14-17)16-19-6-1-2-11-25-19/h1-3,6-11,13,15,17H,4-5,12,14,16H2/t17-/m1/s1. The number of pyridine rings is 3. The Labute approximate surface area is 175 Å². The maximum atomic E-state index is 6.19. The molecule has 0 unspecified atom stereocenters. The summed E-state index contributed by atoms with van der Waals surface area (Å²) in [4.78, 5) is 16.5. The molecule has 0 radical (unpaired) electrons. The van der Waals surface area contributed by atoms with Crippen LogP contribution in [-0.2, 0) is 6.54 Å². The Kier molecular flexibility index (Phi) is 5.00. The van der Waals surface area contributed by atoms with E-state index >= 15 is 0 Å². The van der Waals surface area contributed by atoms with Crippen LogP contribution in [0.3, 0.4) is 0 Å². The number of fused-ring (bicyclic) bond motifs is 1. The molecule has 1 aliphatic heterocycles. The molecule has 5 heterocycles. The van der Waals surface area contributed by atoms with Crippen LogP contribution in [0.2, 0.25) is 5.02 Å². The van der Waals surface area contributed by atoms with Crippen molar-refractivity contribution in [3.8, 4) is 11.4 Å². The van der Waals surface area contributed by atoms with E-state index < -0.39 is 0 Å². The van der Waals surface area contributed by atoms with Crippen LogP contribution >= 0.6 is 11.6 Å². The molecular weight excluding hydrogens is 382 g/mol. The third kappa shape index (κ3) is 3.88. The van der Waals surface area contributed by atoms with E-state index in [-0.39, 0.29) is 0 Å². The van der Waals surface area contributed by atoms with Crippen molar-refractivity contribution in [1.29, 1.82) is 0 Å². The molecule has 1 saturated heterocycles. The Morgan fingerprint density at radius 2 is 2.00 bits per heavy atom. The van der Waals surface area contributed by atoms with Gasteiger partial charge in [0, 0.05) is 37.1 Å². The number of hydrogen-bond acceptors (Lipinski definition) is 4. The summed E-state index contributed by atoms with van der Waals surface area (Å²) in [5, 5.41) is 0.686. The lowest BCUT2D eigenvalue weighted by atomic mass is 9.94. The fraction of sp³-hybridized carbons (Fsp3) is 0.261. The van der Waals surface area contributed by atoms with Crippen LogP contribution in [0.1, 0.15) is 30.1 Å². The van der Waals surface area contributed by atoms with Gasteiger partial charge in [-0.25, -0.2) is 4.98 Å². The molecule has 1 fully saturated rings. The summed E-state index contributed by atoms with van der Waals surface area (Å²) < 4.78 is 2.00. The highest BCUT2D eigenvalue weighted by Crippen LogP contribution is 2.29. The van der Waals surface area contributed by atoms with Gasteiger partial charge < -0.3 is 0 Å². The molecule has 0 N–H and O–H groups in total. The van der Waals surface area contributed by atoms with Gasteiger partial charge in [0.15, 0.2) is 0 Å². The summed E-state index contributed by atoms with van der Waals surface area (Å²) in [6.07, 6.45) is 7.96. The first-order chi connectivity index (χ1) is 14.3.